The summed E-state index contributed by atoms with van der Waals surface area (Å²) in [6.07, 6.45) is 7.54. The number of pyridine rings is 1. The molecule has 0 aliphatic rings. The molecule has 2 aromatic heterocycles. The Hall–Kier alpha value is -3.28. The standard InChI is InChI=1S/C22H25N5O/c1-3-27(17-19-7-5-4-6-8-19)21-16-24-20(15-25-21)22(28)26(2)14-11-18-9-12-23-13-10-18/h4-10,12-13,15-16H,3,11,14,17H2,1-2H3. The molecule has 0 bridgehead atoms. The Morgan fingerprint density at radius 2 is 1.71 bits per heavy atom. The summed E-state index contributed by atoms with van der Waals surface area (Å²) in [5.74, 6) is 0.640. The Morgan fingerprint density at radius 1 is 0.964 bits per heavy atom. The van der Waals surface area contributed by atoms with Gasteiger partial charge < -0.3 is 9.80 Å². The third-order valence-corrected chi connectivity index (χ3v) is 4.61. The van der Waals surface area contributed by atoms with Gasteiger partial charge >= 0.3 is 0 Å². The van der Waals surface area contributed by atoms with Crippen molar-refractivity contribution in [3.05, 3.63) is 84.1 Å². The molecule has 3 rings (SSSR count). The number of nitrogens with zero attached hydrogens (tertiary/aromatic N) is 5. The summed E-state index contributed by atoms with van der Waals surface area (Å²) in [6.45, 7) is 4.26. The Labute approximate surface area is 165 Å². The van der Waals surface area contributed by atoms with Gasteiger partial charge in [0.15, 0.2) is 0 Å². The third-order valence-electron chi connectivity index (χ3n) is 4.61. The SMILES string of the molecule is CCN(Cc1ccccc1)c1cnc(C(=O)N(C)CCc2ccncc2)cn1. The van der Waals surface area contributed by atoms with Crippen molar-refractivity contribution in [3.8, 4) is 0 Å². The van der Waals surface area contributed by atoms with Gasteiger partial charge in [0.2, 0.25) is 0 Å². The number of rotatable bonds is 8. The Balaban J connectivity index is 1.61. The van der Waals surface area contributed by atoms with E-state index in [2.05, 4.69) is 38.9 Å². The number of anilines is 1. The van der Waals surface area contributed by atoms with Crippen molar-refractivity contribution in [1.29, 1.82) is 0 Å². The van der Waals surface area contributed by atoms with Gasteiger partial charge in [-0.1, -0.05) is 30.3 Å². The van der Waals surface area contributed by atoms with E-state index >= 15 is 0 Å². The first kappa shape index (κ1) is 19.5. The molecule has 0 atom stereocenters. The number of hydrogen-bond acceptors (Lipinski definition) is 5. The molecule has 0 saturated carbocycles. The molecule has 0 fully saturated rings. The van der Waals surface area contributed by atoms with E-state index in [9.17, 15) is 4.79 Å². The number of likely N-dealkylation sites (N-methyl/N-ethyl adjacent to an activating group) is 1. The fourth-order valence-electron chi connectivity index (χ4n) is 2.90. The van der Waals surface area contributed by atoms with Crippen LogP contribution in [0.15, 0.2) is 67.3 Å². The third kappa shape index (κ3) is 5.13. The number of hydrogen-bond donors (Lipinski definition) is 0. The van der Waals surface area contributed by atoms with Crippen LogP contribution >= 0.6 is 0 Å². The molecule has 0 N–H and O–H groups in total. The maximum Gasteiger partial charge on any atom is 0.273 e. The van der Waals surface area contributed by atoms with Crippen molar-refractivity contribution in [3.63, 3.8) is 0 Å². The van der Waals surface area contributed by atoms with Crippen molar-refractivity contribution < 1.29 is 4.79 Å². The lowest BCUT2D eigenvalue weighted by molar-refractivity contribution is 0.0790. The zero-order valence-electron chi connectivity index (χ0n) is 16.3. The minimum atomic E-state index is -0.126. The molecule has 0 unspecified atom stereocenters. The van der Waals surface area contributed by atoms with E-state index < -0.39 is 0 Å². The number of carbonyl (C=O) groups excluding carboxylic acids is 1. The monoisotopic (exact) mass is 375 g/mol. The van der Waals surface area contributed by atoms with Gasteiger partial charge in [-0.25, -0.2) is 9.97 Å². The zero-order valence-corrected chi connectivity index (χ0v) is 16.3. The van der Waals surface area contributed by atoms with Crippen molar-refractivity contribution >= 4 is 11.7 Å². The number of carbonyl (C=O) groups is 1. The van der Waals surface area contributed by atoms with E-state index in [1.807, 2.05) is 30.3 Å². The van der Waals surface area contributed by atoms with Crippen LogP contribution in [0.3, 0.4) is 0 Å². The minimum Gasteiger partial charge on any atom is -0.351 e. The second-order valence-electron chi connectivity index (χ2n) is 6.59. The molecule has 28 heavy (non-hydrogen) atoms. The highest BCUT2D eigenvalue weighted by atomic mass is 16.2. The summed E-state index contributed by atoms with van der Waals surface area (Å²) >= 11 is 0. The fourth-order valence-corrected chi connectivity index (χ4v) is 2.90. The van der Waals surface area contributed by atoms with E-state index in [0.29, 0.717) is 12.2 Å². The van der Waals surface area contributed by atoms with Crippen LogP contribution in [0, 0.1) is 0 Å². The number of benzene rings is 1. The van der Waals surface area contributed by atoms with Gasteiger partial charge in [-0.15, -0.1) is 0 Å². The van der Waals surface area contributed by atoms with Gasteiger partial charge in [0, 0.05) is 39.1 Å². The smallest absolute Gasteiger partial charge is 0.273 e. The van der Waals surface area contributed by atoms with Crippen molar-refractivity contribution in [2.75, 3.05) is 25.0 Å². The molecule has 2 heterocycles. The van der Waals surface area contributed by atoms with E-state index in [0.717, 1.165) is 30.9 Å². The molecule has 0 saturated heterocycles. The molecule has 6 nitrogen and oxygen atoms in total. The quantitative estimate of drug-likeness (QED) is 0.605. The first-order valence-electron chi connectivity index (χ1n) is 9.42. The van der Waals surface area contributed by atoms with Gasteiger partial charge in [-0.05, 0) is 36.6 Å². The minimum absolute atomic E-state index is 0.126. The average Bonchev–Trinajstić information content (AvgIpc) is 2.77. The summed E-state index contributed by atoms with van der Waals surface area (Å²) in [4.78, 5) is 29.2. The molecule has 1 aromatic carbocycles. The van der Waals surface area contributed by atoms with E-state index in [-0.39, 0.29) is 5.91 Å². The first-order chi connectivity index (χ1) is 13.7. The molecular formula is C22H25N5O. The molecule has 3 aromatic rings. The summed E-state index contributed by atoms with van der Waals surface area (Å²) in [5, 5.41) is 0. The first-order valence-corrected chi connectivity index (χ1v) is 9.42. The lowest BCUT2D eigenvalue weighted by atomic mass is 10.2. The lowest BCUT2D eigenvalue weighted by Gasteiger charge is -2.22. The predicted octanol–water partition coefficient (Wildman–Crippen LogP) is 3.21. The highest BCUT2D eigenvalue weighted by Gasteiger charge is 2.15. The van der Waals surface area contributed by atoms with Crippen LogP contribution in [0.1, 0.15) is 28.5 Å². The summed E-state index contributed by atoms with van der Waals surface area (Å²) in [6, 6.07) is 14.2. The van der Waals surface area contributed by atoms with Gasteiger partial charge in [0.25, 0.3) is 5.91 Å². The Bertz CT molecular complexity index is 868. The highest BCUT2D eigenvalue weighted by Crippen LogP contribution is 2.14. The van der Waals surface area contributed by atoms with Gasteiger partial charge in [0.05, 0.1) is 12.4 Å². The number of aromatic nitrogens is 3. The summed E-state index contributed by atoms with van der Waals surface area (Å²) < 4.78 is 0. The van der Waals surface area contributed by atoms with E-state index in [1.165, 1.54) is 5.56 Å². The maximum absolute atomic E-state index is 12.6. The maximum atomic E-state index is 12.6. The molecule has 0 spiro atoms. The average molecular weight is 375 g/mol. The normalized spacial score (nSPS) is 10.5. The van der Waals surface area contributed by atoms with Crippen molar-refractivity contribution in [1.82, 2.24) is 19.9 Å². The van der Waals surface area contributed by atoms with Crippen LogP contribution in [0.2, 0.25) is 0 Å². The van der Waals surface area contributed by atoms with Crippen LogP contribution in [0.4, 0.5) is 5.82 Å². The van der Waals surface area contributed by atoms with Gasteiger partial charge in [-0.2, -0.15) is 0 Å². The molecule has 0 aliphatic heterocycles. The Morgan fingerprint density at radius 3 is 2.36 bits per heavy atom. The predicted molar refractivity (Wildman–Crippen MR) is 110 cm³/mol. The van der Waals surface area contributed by atoms with Crippen LogP contribution in [-0.4, -0.2) is 45.9 Å². The highest BCUT2D eigenvalue weighted by molar-refractivity contribution is 5.91. The topological polar surface area (TPSA) is 62.2 Å². The molecule has 0 radical (unpaired) electrons. The van der Waals surface area contributed by atoms with Crippen LogP contribution in [0.25, 0.3) is 0 Å². The van der Waals surface area contributed by atoms with Crippen molar-refractivity contribution in [2.24, 2.45) is 0 Å². The largest absolute Gasteiger partial charge is 0.351 e. The van der Waals surface area contributed by atoms with E-state index in [1.54, 1.807) is 36.7 Å². The van der Waals surface area contributed by atoms with Crippen LogP contribution < -0.4 is 4.90 Å². The van der Waals surface area contributed by atoms with E-state index in [4.69, 9.17) is 0 Å². The summed E-state index contributed by atoms with van der Waals surface area (Å²) in [5.41, 5.74) is 2.72. The van der Waals surface area contributed by atoms with Gasteiger partial charge in [0.1, 0.15) is 11.5 Å². The molecule has 6 heteroatoms. The molecule has 144 valence electrons. The lowest BCUT2D eigenvalue weighted by Crippen LogP contribution is -2.30. The fraction of sp³-hybridized carbons (Fsp3) is 0.273. The molecule has 0 aliphatic carbocycles. The van der Waals surface area contributed by atoms with Crippen LogP contribution in [0.5, 0.6) is 0 Å². The summed E-state index contributed by atoms with van der Waals surface area (Å²) in [7, 11) is 1.78. The Kier molecular flexibility index (Phi) is 6.68. The van der Waals surface area contributed by atoms with Crippen LogP contribution in [-0.2, 0) is 13.0 Å². The second-order valence-corrected chi connectivity index (χ2v) is 6.59. The van der Waals surface area contributed by atoms with Gasteiger partial charge in [-0.3, -0.25) is 9.78 Å². The van der Waals surface area contributed by atoms with Crippen molar-refractivity contribution in [2.45, 2.75) is 19.9 Å². The second kappa shape index (κ2) is 9.60. The number of amides is 1. The molecule has 1 amide bonds. The zero-order chi connectivity index (χ0) is 19.8. The molecular weight excluding hydrogens is 350 g/mol.